The second-order valence-electron chi connectivity index (χ2n) is 6.17. The monoisotopic (exact) mass is 437 g/mol. The molecule has 2 aromatic rings. The molecule has 1 saturated heterocycles. The van der Waals surface area contributed by atoms with Gasteiger partial charge in [0, 0.05) is 19.3 Å². The van der Waals surface area contributed by atoms with Crippen LogP contribution in [0.4, 0.5) is 5.82 Å². The van der Waals surface area contributed by atoms with Gasteiger partial charge in [-0.1, -0.05) is 18.6 Å². The van der Waals surface area contributed by atoms with Crippen molar-refractivity contribution in [3.63, 3.8) is 0 Å². The summed E-state index contributed by atoms with van der Waals surface area (Å²) in [6.45, 7) is 1.15. The van der Waals surface area contributed by atoms with Gasteiger partial charge in [-0.05, 0) is 58.6 Å². The highest BCUT2D eigenvalue weighted by molar-refractivity contribution is 9.10. The summed E-state index contributed by atoms with van der Waals surface area (Å²) in [5.41, 5.74) is 0.743. The van der Waals surface area contributed by atoms with E-state index in [1.807, 2.05) is 0 Å². The zero-order chi connectivity index (χ0) is 18.6. The summed E-state index contributed by atoms with van der Waals surface area (Å²) >= 11 is 3.33. The number of nitrogens with one attached hydrogen (secondary N) is 1. The number of sulfonamides is 1. The Morgan fingerprint density at radius 3 is 2.46 bits per heavy atom. The fourth-order valence-corrected chi connectivity index (χ4v) is 4.74. The van der Waals surface area contributed by atoms with E-state index in [0.29, 0.717) is 23.4 Å². The van der Waals surface area contributed by atoms with E-state index in [-0.39, 0.29) is 17.2 Å². The van der Waals surface area contributed by atoms with Crippen molar-refractivity contribution in [3.05, 3.63) is 52.6 Å². The third-order valence-electron chi connectivity index (χ3n) is 4.26. The fraction of sp³-hybridized carbons (Fsp3) is 0.333. The number of halogens is 1. The average Bonchev–Trinajstić information content (AvgIpc) is 2.65. The number of piperidine rings is 1. The van der Waals surface area contributed by atoms with Crippen molar-refractivity contribution in [2.45, 2.75) is 30.6 Å². The lowest BCUT2D eigenvalue weighted by atomic mass is 10.1. The molecule has 1 fully saturated rings. The number of benzene rings is 1. The SMILES string of the molecule is O=C(Cc1ccc(S(=O)(=O)N2CCCCC2)cc1)Nc1ncccc1Br. The summed E-state index contributed by atoms with van der Waals surface area (Å²) in [4.78, 5) is 16.5. The first-order valence-electron chi connectivity index (χ1n) is 8.46. The normalized spacial score (nSPS) is 15.6. The zero-order valence-corrected chi connectivity index (χ0v) is 16.6. The number of hydrogen-bond acceptors (Lipinski definition) is 4. The molecule has 138 valence electrons. The Balaban J connectivity index is 1.66. The number of carbonyl (C=O) groups is 1. The Hall–Kier alpha value is -1.77. The summed E-state index contributed by atoms with van der Waals surface area (Å²) in [6.07, 6.45) is 4.63. The molecular weight excluding hydrogens is 418 g/mol. The largest absolute Gasteiger partial charge is 0.309 e. The molecule has 8 heteroatoms. The molecule has 1 aliphatic rings. The van der Waals surface area contributed by atoms with E-state index in [0.717, 1.165) is 24.8 Å². The van der Waals surface area contributed by atoms with Gasteiger partial charge in [0.15, 0.2) is 0 Å². The molecule has 26 heavy (non-hydrogen) atoms. The lowest BCUT2D eigenvalue weighted by molar-refractivity contribution is -0.115. The van der Waals surface area contributed by atoms with Crippen molar-refractivity contribution < 1.29 is 13.2 Å². The van der Waals surface area contributed by atoms with E-state index in [9.17, 15) is 13.2 Å². The van der Waals surface area contributed by atoms with Crippen LogP contribution in [0, 0.1) is 0 Å². The van der Waals surface area contributed by atoms with Gasteiger partial charge in [-0.2, -0.15) is 4.31 Å². The van der Waals surface area contributed by atoms with Crippen LogP contribution >= 0.6 is 15.9 Å². The molecule has 0 spiro atoms. The van der Waals surface area contributed by atoms with Gasteiger partial charge in [-0.15, -0.1) is 0 Å². The Morgan fingerprint density at radius 1 is 1.12 bits per heavy atom. The molecule has 0 bridgehead atoms. The molecule has 0 unspecified atom stereocenters. The highest BCUT2D eigenvalue weighted by Gasteiger charge is 2.25. The van der Waals surface area contributed by atoms with Crippen molar-refractivity contribution in [2.24, 2.45) is 0 Å². The van der Waals surface area contributed by atoms with Crippen LogP contribution in [0.5, 0.6) is 0 Å². The van der Waals surface area contributed by atoms with Gasteiger partial charge >= 0.3 is 0 Å². The second kappa shape index (κ2) is 8.28. The Labute approximate surface area is 161 Å². The maximum absolute atomic E-state index is 12.6. The maximum atomic E-state index is 12.6. The number of amides is 1. The standard InChI is InChI=1S/C18H20BrN3O3S/c19-16-5-4-10-20-18(16)21-17(23)13-14-6-8-15(9-7-14)26(24,25)22-11-2-1-3-12-22/h4-10H,1-3,11-13H2,(H,20,21,23). The quantitative estimate of drug-likeness (QED) is 0.778. The van der Waals surface area contributed by atoms with Crippen LogP contribution in [-0.4, -0.2) is 36.7 Å². The maximum Gasteiger partial charge on any atom is 0.243 e. The highest BCUT2D eigenvalue weighted by Crippen LogP contribution is 2.21. The van der Waals surface area contributed by atoms with Crippen LogP contribution in [-0.2, 0) is 21.2 Å². The van der Waals surface area contributed by atoms with Crippen LogP contribution in [0.2, 0.25) is 0 Å². The van der Waals surface area contributed by atoms with E-state index in [2.05, 4.69) is 26.2 Å². The van der Waals surface area contributed by atoms with E-state index < -0.39 is 10.0 Å². The van der Waals surface area contributed by atoms with Crippen molar-refractivity contribution in [3.8, 4) is 0 Å². The first-order chi connectivity index (χ1) is 12.5. The molecule has 0 aliphatic carbocycles. The number of pyridine rings is 1. The van der Waals surface area contributed by atoms with E-state index in [1.54, 1.807) is 42.6 Å². The Bertz CT molecular complexity index is 879. The van der Waals surface area contributed by atoms with E-state index in [4.69, 9.17) is 0 Å². The lowest BCUT2D eigenvalue weighted by Crippen LogP contribution is -2.35. The van der Waals surface area contributed by atoms with Gasteiger partial charge in [-0.25, -0.2) is 13.4 Å². The number of carbonyl (C=O) groups excluding carboxylic acids is 1. The predicted octanol–water partition coefficient (Wildman–Crippen LogP) is 3.20. The lowest BCUT2D eigenvalue weighted by Gasteiger charge is -2.25. The minimum Gasteiger partial charge on any atom is -0.309 e. The first kappa shape index (κ1) is 19.0. The van der Waals surface area contributed by atoms with Crippen LogP contribution < -0.4 is 5.32 Å². The second-order valence-corrected chi connectivity index (χ2v) is 8.96. The predicted molar refractivity (Wildman–Crippen MR) is 103 cm³/mol. The van der Waals surface area contributed by atoms with Gasteiger partial charge in [0.2, 0.25) is 15.9 Å². The van der Waals surface area contributed by atoms with Crippen molar-refractivity contribution in [1.82, 2.24) is 9.29 Å². The number of anilines is 1. The molecule has 3 rings (SSSR count). The molecule has 0 atom stereocenters. The smallest absolute Gasteiger partial charge is 0.243 e. The minimum absolute atomic E-state index is 0.146. The average molecular weight is 438 g/mol. The van der Waals surface area contributed by atoms with Gasteiger partial charge < -0.3 is 5.32 Å². The summed E-state index contributed by atoms with van der Waals surface area (Å²) in [5, 5.41) is 2.73. The van der Waals surface area contributed by atoms with Crippen LogP contribution in [0.15, 0.2) is 52.0 Å². The van der Waals surface area contributed by atoms with Gasteiger partial charge in [0.05, 0.1) is 15.8 Å². The third-order valence-corrected chi connectivity index (χ3v) is 6.81. The molecule has 0 radical (unpaired) electrons. The Kier molecular flexibility index (Phi) is 6.05. The van der Waals surface area contributed by atoms with Crippen LogP contribution in [0.25, 0.3) is 0 Å². The highest BCUT2D eigenvalue weighted by atomic mass is 79.9. The van der Waals surface area contributed by atoms with E-state index >= 15 is 0 Å². The minimum atomic E-state index is -3.44. The van der Waals surface area contributed by atoms with Gasteiger partial charge in [0.25, 0.3) is 0 Å². The summed E-state index contributed by atoms with van der Waals surface area (Å²) in [5.74, 6) is 0.248. The summed E-state index contributed by atoms with van der Waals surface area (Å²) < 4.78 is 27.5. The van der Waals surface area contributed by atoms with Crippen molar-refractivity contribution in [1.29, 1.82) is 0 Å². The van der Waals surface area contributed by atoms with Crippen LogP contribution in [0.3, 0.4) is 0 Å². The molecule has 1 aliphatic heterocycles. The van der Waals surface area contributed by atoms with Crippen LogP contribution in [0.1, 0.15) is 24.8 Å². The van der Waals surface area contributed by atoms with E-state index in [1.165, 1.54) is 4.31 Å². The molecule has 1 aromatic carbocycles. The van der Waals surface area contributed by atoms with Crippen molar-refractivity contribution >= 4 is 37.7 Å². The fourth-order valence-electron chi connectivity index (χ4n) is 2.87. The number of hydrogen-bond donors (Lipinski definition) is 1. The van der Waals surface area contributed by atoms with Gasteiger partial charge in [-0.3, -0.25) is 4.79 Å². The zero-order valence-electron chi connectivity index (χ0n) is 14.2. The number of nitrogens with zero attached hydrogens (tertiary/aromatic N) is 2. The molecular formula is C18H20BrN3O3S. The topological polar surface area (TPSA) is 79.4 Å². The summed E-state index contributed by atoms with van der Waals surface area (Å²) in [6, 6.07) is 10.1. The molecule has 1 N–H and O–H groups in total. The molecule has 1 aromatic heterocycles. The molecule has 6 nitrogen and oxygen atoms in total. The molecule has 2 heterocycles. The number of rotatable bonds is 5. The summed E-state index contributed by atoms with van der Waals surface area (Å²) in [7, 11) is -3.44. The number of aromatic nitrogens is 1. The Morgan fingerprint density at radius 2 is 1.81 bits per heavy atom. The molecule has 1 amide bonds. The first-order valence-corrected chi connectivity index (χ1v) is 10.7. The van der Waals surface area contributed by atoms with Gasteiger partial charge in [0.1, 0.15) is 5.82 Å². The molecule has 0 saturated carbocycles. The van der Waals surface area contributed by atoms with Crippen molar-refractivity contribution in [2.75, 3.05) is 18.4 Å². The third kappa shape index (κ3) is 4.49.